The molecule has 0 fully saturated rings. The van der Waals surface area contributed by atoms with E-state index in [4.69, 9.17) is 0 Å². The molecule has 2 nitrogen and oxygen atoms in total. The summed E-state index contributed by atoms with van der Waals surface area (Å²) >= 11 is 1.88. The van der Waals surface area contributed by atoms with Gasteiger partial charge < -0.3 is 9.80 Å². The number of benzene rings is 12. The van der Waals surface area contributed by atoms with Crippen molar-refractivity contribution in [2.75, 3.05) is 9.80 Å². The van der Waals surface area contributed by atoms with Gasteiger partial charge in [-0.1, -0.05) is 194 Å². The molecule has 0 atom stereocenters. The lowest BCUT2D eigenvalue weighted by atomic mass is 9.98. The number of nitrogens with zero attached hydrogens (tertiary/aromatic N) is 2. The number of hydrogen-bond donors (Lipinski definition) is 0. The zero-order valence-corrected chi connectivity index (χ0v) is 38.5. The first-order chi connectivity index (χ1) is 34.2. The van der Waals surface area contributed by atoms with E-state index in [9.17, 15) is 0 Å². The van der Waals surface area contributed by atoms with Crippen molar-refractivity contribution in [3.63, 3.8) is 0 Å². The Hall–Kier alpha value is -8.76. The van der Waals surface area contributed by atoms with Gasteiger partial charge in [-0.05, 0) is 133 Å². The van der Waals surface area contributed by atoms with Crippen molar-refractivity contribution in [3.8, 4) is 33.4 Å². The summed E-state index contributed by atoms with van der Waals surface area (Å²) in [5.41, 5.74) is 13.8. The number of hydrogen-bond acceptors (Lipinski definition) is 3. The Balaban J connectivity index is 0.862. The van der Waals surface area contributed by atoms with Crippen molar-refractivity contribution in [1.82, 2.24) is 0 Å². The van der Waals surface area contributed by atoms with Crippen molar-refractivity contribution >= 4 is 98.0 Å². The molecular weight excluding hydrogens is 853 g/mol. The van der Waals surface area contributed by atoms with Gasteiger partial charge in [0, 0.05) is 54.0 Å². The van der Waals surface area contributed by atoms with E-state index < -0.39 is 0 Å². The topological polar surface area (TPSA) is 6.48 Å². The monoisotopic (exact) mass is 896 g/mol. The van der Waals surface area contributed by atoms with Crippen LogP contribution < -0.4 is 9.80 Å². The van der Waals surface area contributed by atoms with E-state index in [1.165, 1.54) is 74.7 Å². The first-order valence-corrected chi connectivity index (χ1v) is 24.4. The van der Waals surface area contributed by atoms with Crippen LogP contribution in [0, 0.1) is 0 Å². The smallest absolute Gasteiger partial charge is 0.0540 e. The maximum absolute atomic E-state index is 2.42. The quantitative estimate of drug-likeness (QED) is 0.142. The predicted octanol–water partition coefficient (Wildman–Crippen LogP) is 19.5. The molecule has 0 radical (unpaired) electrons. The van der Waals surface area contributed by atoms with Gasteiger partial charge in [-0.25, -0.2) is 0 Å². The third-order valence-corrected chi connectivity index (χ3v) is 14.9. The highest BCUT2D eigenvalue weighted by Gasteiger charge is 2.19. The number of anilines is 6. The Morgan fingerprint density at radius 1 is 0.246 bits per heavy atom. The van der Waals surface area contributed by atoms with Gasteiger partial charge in [0.25, 0.3) is 0 Å². The summed E-state index contributed by atoms with van der Waals surface area (Å²) in [4.78, 5) is 4.78. The molecule has 12 aromatic carbocycles. The lowest BCUT2D eigenvalue weighted by Crippen LogP contribution is -2.10. The average molecular weight is 897 g/mol. The summed E-state index contributed by atoms with van der Waals surface area (Å²) in [7, 11) is 0. The van der Waals surface area contributed by atoms with Crippen LogP contribution in [0.2, 0.25) is 0 Å². The normalized spacial score (nSPS) is 11.5. The van der Waals surface area contributed by atoms with Gasteiger partial charge in [-0.3, -0.25) is 0 Å². The average Bonchev–Trinajstić information content (AvgIpc) is 3.81. The van der Waals surface area contributed by atoms with Crippen LogP contribution in [-0.4, -0.2) is 0 Å². The summed E-state index contributed by atoms with van der Waals surface area (Å²) in [5.74, 6) is 0. The van der Waals surface area contributed by atoms with E-state index in [1.54, 1.807) is 0 Å². The molecule has 0 bridgehead atoms. The maximum Gasteiger partial charge on any atom is 0.0540 e. The number of fused-ring (bicyclic) bond motifs is 7. The van der Waals surface area contributed by atoms with Crippen LogP contribution in [0.4, 0.5) is 34.1 Å². The van der Waals surface area contributed by atoms with E-state index in [0.717, 1.165) is 45.3 Å². The summed E-state index contributed by atoms with van der Waals surface area (Å²) in [6, 6.07) is 97.3. The highest BCUT2D eigenvalue weighted by atomic mass is 32.1. The minimum absolute atomic E-state index is 1.09. The Morgan fingerprint density at radius 2 is 0.696 bits per heavy atom. The Morgan fingerprint density at radius 3 is 1.32 bits per heavy atom. The van der Waals surface area contributed by atoms with Crippen LogP contribution in [0.1, 0.15) is 0 Å². The molecule has 0 aliphatic carbocycles. The van der Waals surface area contributed by atoms with E-state index in [-0.39, 0.29) is 0 Å². The highest BCUT2D eigenvalue weighted by molar-refractivity contribution is 7.26. The van der Waals surface area contributed by atoms with Gasteiger partial charge in [-0.15, -0.1) is 11.3 Å². The molecule has 0 aliphatic heterocycles. The molecular formula is C66H44N2S. The molecule has 0 N–H and O–H groups in total. The maximum atomic E-state index is 2.42. The summed E-state index contributed by atoms with van der Waals surface area (Å²) < 4.78 is 2.63. The van der Waals surface area contributed by atoms with Crippen LogP contribution >= 0.6 is 11.3 Å². The molecule has 13 rings (SSSR count). The van der Waals surface area contributed by atoms with Crippen LogP contribution in [-0.2, 0) is 0 Å². The van der Waals surface area contributed by atoms with Crippen molar-refractivity contribution in [1.29, 1.82) is 0 Å². The molecule has 324 valence electrons. The van der Waals surface area contributed by atoms with Crippen LogP contribution in [0.3, 0.4) is 0 Å². The zero-order valence-electron chi connectivity index (χ0n) is 37.7. The third-order valence-electron chi connectivity index (χ3n) is 13.7. The first kappa shape index (κ1) is 40.5. The second kappa shape index (κ2) is 17.2. The first-order valence-electron chi connectivity index (χ1n) is 23.6. The standard InChI is InChI=1S/C66H44N2S/c1-2-12-45(13-3-1)46-24-33-53(34-25-46)67(55-39-30-52(31-40-55)59-22-10-17-49-14-4-7-19-58(49)59)54-35-26-47(27-36-54)48-28-37-56(38-29-48)68(64-23-11-18-50-15-5-8-20-60(50)64)57-41-43-65-63(44-57)62-42-32-51-16-6-9-21-61(51)66(62)69-65/h1-44H. The van der Waals surface area contributed by atoms with E-state index in [2.05, 4.69) is 277 Å². The molecule has 3 heteroatoms. The Bertz CT molecular complexity index is 3980. The molecule has 0 spiro atoms. The molecule has 0 saturated heterocycles. The molecule has 1 heterocycles. The number of thiophene rings is 1. The van der Waals surface area contributed by atoms with Gasteiger partial charge in [0.15, 0.2) is 0 Å². The van der Waals surface area contributed by atoms with Gasteiger partial charge in [0.05, 0.1) is 5.69 Å². The van der Waals surface area contributed by atoms with Crippen LogP contribution in [0.5, 0.6) is 0 Å². The van der Waals surface area contributed by atoms with Gasteiger partial charge in [0.2, 0.25) is 0 Å². The molecule has 1 aromatic heterocycles. The van der Waals surface area contributed by atoms with Crippen LogP contribution in [0.25, 0.3) is 85.9 Å². The van der Waals surface area contributed by atoms with E-state index in [1.807, 2.05) is 11.3 Å². The summed E-state index contributed by atoms with van der Waals surface area (Å²) in [6.45, 7) is 0. The molecule has 0 amide bonds. The fourth-order valence-corrected chi connectivity index (χ4v) is 11.4. The molecule has 13 aromatic rings. The van der Waals surface area contributed by atoms with Gasteiger partial charge >= 0.3 is 0 Å². The molecule has 0 unspecified atom stereocenters. The largest absolute Gasteiger partial charge is 0.311 e. The number of rotatable bonds is 9. The van der Waals surface area contributed by atoms with Gasteiger partial charge in [-0.2, -0.15) is 0 Å². The fourth-order valence-electron chi connectivity index (χ4n) is 10.2. The van der Waals surface area contributed by atoms with E-state index in [0.29, 0.717) is 0 Å². The molecule has 0 aliphatic rings. The minimum Gasteiger partial charge on any atom is -0.311 e. The summed E-state index contributed by atoms with van der Waals surface area (Å²) in [5, 5.41) is 10.1. The second-order valence-corrected chi connectivity index (χ2v) is 18.7. The predicted molar refractivity (Wildman–Crippen MR) is 298 cm³/mol. The molecule has 69 heavy (non-hydrogen) atoms. The second-order valence-electron chi connectivity index (χ2n) is 17.7. The highest BCUT2D eigenvalue weighted by Crippen LogP contribution is 2.45. The Labute approximate surface area is 405 Å². The van der Waals surface area contributed by atoms with Crippen LogP contribution in [0.15, 0.2) is 267 Å². The molecule has 0 saturated carbocycles. The zero-order chi connectivity index (χ0) is 45.7. The van der Waals surface area contributed by atoms with Crippen molar-refractivity contribution < 1.29 is 0 Å². The van der Waals surface area contributed by atoms with Crippen molar-refractivity contribution in [2.45, 2.75) is 0 Å². The van der Waals surface area contributed by atoms with E-state index >= 15 is 0 Å². The SMILES string of the molecule is c1ccc(-c2ccc(N(c3ccc(-c4ccc(N(c5ccc6sc7c8ccccc8ccc7c6c5)c5cccc6ccccc56)cc4)cc3)c3ccc(-c4cccc5ccccc45)cc3)cc2)cc1. The lowest BCUT2D eigenvalue weighted by molar-refractivity contribution is 1.28. The fraction of sp³-hybridized carbons (Fsp3) is 0. The third kappa shape index (κ3) is 7.37. The Kier molecular flexibility index (Phi) is 10.1. The lowest BCUT2D eigenvalue weighted by Gasteiger charge is -2.27. The van der Waals surface area contributed by atoms with Crippen molar-refractivity contribution in [2.24, 2.45) is 0 Å². The van der Waals surface area contributed by atoms with Crippen molar-refractivity contribution in [3.05, 3.63) is 267 Å². The minimum atomic E-state index is 1.09. The summed E-state index contributed by atoms with van der Waals surface area (Å²) in [6.07, 6.45) is 0. The van der Waals surface area contributed by atoms with Gasteiger partial charge in [0.1, 0.15) is 0 Å².